The van der Waals surface area contributed by atoms with Gasteiger partial charge in [0.2, 0.25) is 10.4 Å². The molecule has 0 bridgehead atoms. The number of hydrogen-bond donors (Lipinski definition) is 4. The Hall–Kier alpha value is -0.370. The van der Waals surface area contributed by atoms with Crippen molar-refractivity contribution >= 4 is 10.4 Å². The Kier molecular flexibility index (Phi) is 5.66. The zero-order valence-corrected chi connectivity index (χ0v) is 13.7. The highest BCUT2D eigenvalue weighted by Crippen LogP contribution is 2.24. The fraction of sp³-hybridized carbons (Fsp3) is 1.00. The van der Waals surface area contributed by atoms with Gasteiger partial charge in [0.1, 0.15) is 43.5 Å². The number of hydrogen-bond acceptors (Lipinski definition) is 9. The van der Waals surface area contributed by atoms with Gasteiger partial charge in [-0.1, -0.05) is 0 Å². The van der Waals surface area contributed by atoms with Gasteiger partial charge in [-0.15, -0.1) is 0 Å². The summed E-state index contributed by atoms with van der Waals surface area (Å²) in [7, 11) is -4.94. The van der Waals surface area contributed by atoms with Crippen LogP contribution in [0.25, 0.3) is 0 Å². The first kappa shape index (κ1) is 19.0. The van der Waals surface area contributed by atoms with E-state index in [4.69, 9.17) is 9.47 Å². The van der Waals surface area contributed by atoms with Gasteiger partial charge in [0.15, 0.2) is 5.79 Å². The van der Waals surface area contributed by atoms with Crippen LogP contribution in [0.5, 0.6) is 0 Å². The summed E-state index contributed by atoms with van der Waals surface area (Å²) in [5.41, 5.74) is 0. The largest absolute Gasteiger partial charge is 0.726 e. The number of ether oxygens (including phenoxy) is 2. The van der Waals surface area contributed by atoms with Crippen molar-refractivity contribution in [3.8, 4) is 0 Å². The van der Waals surface area contributed by atoms with Gasteiger partial charge < -0.3 is 34.2 Å². The SMILES string of the molecule is CC1(C)OC[C@H](OS(=O)(=O)[O-])[C@@H](C[NH+]2C[C@@H](O)[C@H](O)[C@H]2CO)O1. The quantitative estimate of drug-likeness (QED) is 0.285. The summed E-state index contributed by atoms with van der Waals surface area (Å²) < 4.78 is 48.0. The standard InChI is InChI=1S/C12H23NO9S/c1-12(2)20-6-10(22-23(17,18)19)9(21-12)4-13-3-8(15)11(16)7(13)5-14/h7-11,14-16H,3-6H2,1-2H3,(H,17,18,19)/t7-,8-,9-,10+,11-/m1/s1. The molecule has 0 amide bonds. The van der Waals surface area contributed by atoms with Gasteiger partial charge in [-0.3, -0.25) is 4.18 Å². The average molecular weight is 357 g/mol. The van der Waals surface area contributed by atoms with Crippen LogP contribution >= 0.6 is 0 Å². The van der Waals surface area contributed by atoms with E-state index in [1.165, 1.54) is 0 Å². The predicted molar refractivity (Wildman–Crippen MR) is 73.1 cm³/mol. The summed E-state index contributed by atoms with van der Waals surface area (Å²) in [5.74, 6) is -0.998. The topological polar surface area (TPSA) is 150 Å². The first-order valence-corrected chi connectivity index (χ1v) is 8.63. The van der Waals surface area contributed by atoms with E-state index in [-0.39, 0.29) is 26.3 Å². The van der Waals surface area contributed by atoms with E-state index in [9.17, 15) is 28.3 Å². The second-order valence-electron chi connectivity index (χ2n) is 6.32. The molecule has 1 unspecified atom stereocenters. The number of aliphatic hydroxyl groups excluding tert-OH is 3. The van der Waals surface area contributed by atoms with Gasteiger partial charge in [0.05, 0.1) is 13.2 Å². The lowest BCUT2D eigenvalue weighted by Gasteiger charge is -2.41. The minimum atomic E-state index is -4.94. The molecule has 0 aromatic carbocycles. The van der Waals surface area contributed by atoms with Gasteiger partial charge in [-0.2, -0.15) is 0 Å². The number of likely N-dealkylation sites (tertiary alicyclic amines) is 1. The fourth-order valence-electron chi connectivity index (χ4n) is 3.06. The monoisotopic (exact) mass is 357 g/mol. The van der Waals surface area contributed by atoms with E-state index >= 15 is 0 Å². The molecule has 23 heavy (non-hydrogen) atoms. The molecule has 11 heteroatoms. The maximum absolute atomic E-state index is 10.9. The summed E-state index contributed by atoms with van der Waals surface area (Å²) in [4.78, 5) is 0.632. The molecule has 0 aromatic heterocycles. The van der Waals surface area contributed by atoms with Crippen LogP contribution in [-0.4, -0.2) is 90.8 Å². The minimum Gasteiger partial charge on any atom is -0.726 e. The molecule has 0 aliphatic carbocycles. The van der Waals surface area contributed by atoms with Crippen molar-refractivity contribution in [2.75, 3.05) is 26.3 Å². The lowest BCUT2D eigenvalue weighted by Crippen LogP contribution is -3.16. The van der Waals surface area contributed by atoms with Crippen molar-refractivity contribution in [1.82, 2.24) is 0 Å². The number of quaternary nitrogens is 1. The van der Waals surface area contributed by atoms with Crippen LogP contribution in [0.4, 0.5) is 0 Å². The molecule has 6 atom stereocenters. The molecule has 2 aliphatic rings. The maximum atomic E-state index is 10.9. The molecule has 2 rings (SSSR count). The van der Waals surface area contributed by atoms with Crippen molar-refractivity contribution in [1.29, 1.82) is 0 Å². The summed E-state index contributed by atoms with van der Waals surface area (Å²) in [5, 5.41) is 28.9. The molecular weight excluding hydrogens is 334 g/mol. The van der Waals surface area contributed by atoms with E-state index in [0.717, 1.165) is 0 Å². The molecule has 2 saturated heterocycles. The molecule has 0 spiro atoms. The number of aliphatic hydroxyl groups is 3. The van der Waals surface area contributed by atoms with Crippen molar-refractivity contribution in [2.45, 2.75) is 50.1 Å². The third-order valence-electron chi connectivity index (χ3n) is 4.15. The van der Waals surface area contributed by atoms with Crippen molar-refractivity contribution in [2.24, 2.45) is 0 Å². The van der Waals surface area contributed by atoms with E-state index in [2.05, 4.69) is 4.18 Å². The Morgan fingerprint density at radius 2 is 2.04 bits per heavy atom. The molecule has 10 nitrogen and oxygen atoms in total. The van der Waals surface area contributed by atoms with Crippen LogP contribution in [0.15, 0.2) is 0 Å². The highest BCUT2D eigenvalue weighted by molar-refractivity contribution is 7.80. The molecule has 2 fully saturated rings. The van der Waals surface area contributed by atoms with E-state index in [1.54, 1.807) is 13.8 Å². The molecule has 0 saturated carbocycles. The maximum Gasteiger partial charge on any atom is 0.218 e. The van der Waals surface area contributed by atoms with Gasteiger partial charge in [0, 0.05) is 0 Å². The van der Waals surface area contributed by atoms with Crippen LogP contribution in [-0.2, 0) is 24.1 Å². The Morgan fingerprint density at radius 3 is 2.61 bits per heavy atom. The Morgan fingerprint density at radius 1 is 1.39 bits per heavy atom. The van der Waals surface area contributed by atoms with Crippen LogP contribution in [0.1, 0.15) is 13.8 Å². The van der Waals surface area contributed by atoms with Crippen molar-refractivity contribution in [3.05, 3.63) is 0 Å². The molecule has 136 valence electrons. The van der Waals surface area contributed by atoms with Crippen LogP contribution in [0.3, 0.4) is 0 Å². The number of nitrogens with one attached hydrogen (secondary N) is 1. The van der Waals surface area contributed by atoms with Gasteiger partial charge in [-0.25, -0.2) is 8.42 Å². The summed E-state index contributed by atoms with van der Waals surface area (Å²) in [6, 6.07) is -0.635. The minimum absolute atomic E-state index is 0.131. The second-order valence-corrected chi connectivity index (χ2v) is 7.33. The highest BCUT2D eigenvalue weighted by atomic mass is 32.3. The molecule has 0 radical (unpaired) electrons. The molecule has 0 aromatic rings. The van der Waals surface area contributed by atoms with Crippen molar-refractivity contribution < 1.29 is 46.8 Å². The molecule has 2 aliphatic heterocycles. The van der Waals surface area contributed by atoms with E-state index in [1.807, 2.05) is 0 Å². The van der Waals surface area contributed by atoms with Crippen molar-refractivity contribution in [3.63, 3.8) is 0 Å². The van der Waals surface area contributed by atoms with Gasteiger partial charge in [-0.05, 0) is 13.8 Å². The van der Waals surface area contributed by atoms with Crippen LogP contribution in [0, 0.1) is 0 Å². The predicted octanol–water partition coefficient (Wildman–Crippen LogP) is -4.04. The zero-order chi connectivity index (χ0) is 17.4. The Balaban J connectivity index is 2.12. The molecular formula is C12H23NO9S. The highest BCUT2D eigenvalue weighted by Gasteiger charge is 2.47. The number of rotatable bonds is 5. The third-order valence-corrected chi connectivity index (χ3v) is 4.63. The average Bonchev–Trinajstić information content (AvgIpc) is 2.66. The Bertz CT molecular complexity index is 511. The normalized spacial score (nSPS) is 41.1. The summed E-state index contributed by atoms with van der Waals surface area (Å²) in [6.45, 7) is 3.05. The van der Waals surface area contributed by atoms with Gasteiger partial charge >= 0.3 is 0 Å². The first-order chi connectivity index (χ1) is 10.5. The lowest BCUT2D eigenvalue weighted by atomic mass is 10.1. The van der Waals surface area contributed by atoms with Gasteiger partial charge in [0.25, 0.3) is 0 Å². The van der Waals surface area contributed by atoms with Crippen LogP contribution in [0.2, 0.25) is 0 Å². The van der Waals surface area contributed by atoms with E-state index in [0.29, 0.717) is 4.90 Å². The summed E-state index contributed by atoms with van der Waals surface area (Å²) in [6.07, 6.45) is -4.04. The lowest BCUT2D eigenvalue weighted by molar-refractivity contribution is -0.919. The first-order valence-electron chi connectivity index (χ1n) is 7.30. The fourth-order valence-corrected chi connectivity index (χ4v) is 3.54. The van der Waals surface area contributed by atoms with Crippen LogP contribution < -0.4 is 4.90 Å². The summed E-state index contributed by atoms with van der Waals surface area (Å²) >= 11 is 0. The Labute approximate surface area is 134 Å². The zero-order valence-electron chi connectivity index (χ0n) is 12.9. The smallest absolute Gasteiger partial charge is 0.218 e. The molecule has 4 N–H and O–H groups in total. The van der Waals surface area contributed by atoms with E-state index < -0.39 is 46.6 Å². The third kappa shape index (κ3) is 4.81. The molecule has 2 heterocycles. The second kappa shape index (κ2) is 6.86.